The highest BCUT2D eigenvalue weighted by atomic mass is 35.5. The number of nitrogens with zero attached hydrogens (tertiary/aromatic N) is 1. The van der Waals surface area contributed by atoms with E-state index < -0.39 is 0 Å². The molecule has 2 aromatic rings. The number of halogens is 1. The molecule has 0 aliphatic carbocycles. The average molecular weight is 308 g/mol. The Kier molecular flexibility index (Phi) is 5.15. The van der Waals surface area contributed by atoms with Crippen LogP contribution in [-0.4, -0.2) is 17.9 Å². The van der Waals surface area contributed by atoms with E-state index in [9.17, 15) is 0 Å². The van der Waals surface area contributed by atoms with Crippen molar-refractivity contribution in [1.29, 1.82) is 0 Å². The van der Waals surface area contributed by atoms with Crippen molar-refractivity contribution < 1.29 is 4.42 Å². The van der Waals surface area contributed by atoms with Crippen LogP contribution in [0.5, 0.6) is 0 Å². The Morgan fingerprint density at radius 2 is 2.15 bits per heavy atom. The van der Waals surface area contributed by atoms with E-state index >= 15 is 0 Å². The van der Waals surface area contributed by atoms with E-state index in [-0.39, 0.29) is 0 Å². The number of hydrogen-bond donors (Lipinski definition) is 2. The molecule has 0 atom stereocenters. The lowest BCUT2D eigenvalue weighted by molar-refractivity contribution is 0.574. The summed E-state index contributed by atoms with van der Waals surface area (Å²) >= 11 is 11.1. The average Bonchev–Trinajstić information content (AvgIpc) is 2.88. The molecule has 0 spiro atoms. The Morgan fingerprint density at radius 1 is 1.35 bits per heavy atom. The number of thiocarbonyl (C=S) groups is 1. The van der Waals surface area contributed by atoms with Crippen LogP contribution in [0.15, 0.2) is 45.9 Å². The van der Waals surface area contributed by atoms with Gasteiger partial charge in [-0.3, -0.25) is 5.43 Å². The van der Waals surface area contributed by atoms with Gasteiger partial charge in [0.25, 0.3) is 0 Å². The van der Waals surface area contributed by atoms with Gasteiger partial charge in [-0.1, -0.05) is 23.7 Å². The molecule has 20 heavy (non-hydrogen) atoms. The number of hydrazone groups is 1. The summed E-state index contributed by atoms with van der Waals surface area (Å²) < 4.78 is 5.65. The Balaban J connectivity index is 2.05. The SMILES string of the molecule is CCNC(=S)N/N=C/c1ccc(-c2ccccc2Cl)o1. The van der Waals surface area contributed by atoms with Crippen LogP contribution in [0.1, 0.15) is 12.7 Å². The predicted molar refractivity (Wildman–Crippen MR) is 86.2 cm³/mol. The van der Waals surface area contributed by atoms with Crippen molar-refractivity contribution in [2.75, 3.05) is 6.54 Å². The van der Waals surface area contributed by atoms with Gasteiger partial charge in [0.15, 0.2) is 5.11 Å². The third-order valence-corrected chi connectivity index (χ3v) is 3.03. The Bertz CT molecular complexity index is 624. The van der Waals surface area contributed by atoms with E-state index in [1.807, 2.05) is 43.3 Å². The van der Waals surface area contributed by atoms with Gasteiger partial charge in [-0.25, -0.2) is 0 Å². The van der Waals surface area contributed by atoms with E-state index in [1.165, 1.54) is 0 Å². The van der Waals surface area contributed by atoms with Gasteiger partial charge in [0, 0.05) is 12.1 Å². The van der Waals surface area contributed by atoms with Gasteiger partial charge in [0.05, 0.1) is 11.2 Å². The molecule has 104 valence electrons. The lowest BCUT2D eigenvalue weighted by Gasteiger charge is -2.02. The van der Waals surface area contributed by atoms with Gasteiger partial charge in [0.1, 0.15) is 11.5 Å². The third kappa shape index (κ3) is 3.82. The monoisotopic (exact) mass is 307 g/mol. The van der Waals surface area contributed by atoms with Crippen LogP contribution in [0.3, 0.4) is 0 Å². The molecule has 1 aromatic heterocycles. The summed E-state index contributed by atoms with van der Waals surface area (Å²) in [6.45, 7) is 2.71. The number of rotatable bonds is 4. The van der Waals surface area contributed by atoms with E-state index in [0.717, 1.165) is 12.1 Å². The minimum Gasteiger partial charge on any atom is -0.455 e. The number of furan rings is 1. The molecule has 6 heteroatoms. The van der Waals surface area contributed by atoms with Gasteiger partial charge < -0.3 is 9.73 Å². The summed E-state index contributed by atoms with van der Waals surface area (Å²) in [5.41, 5.74) is 3.55. The number of hydrogen-bond acceptors (Lipinski definition) is 3. The molecular weight excluding hydrogens is 294 g/mol. The normalized spacial score (nSPS) is 10.7. The smallest absolute Gasteiger partial charge is 0.186 e. The molecule has 0 fully saturated rings. The highest BCUT2D eigenvalue weighted by Crippen LogP contribution is 2.28. The molecular formula is C14H14ClN3OS. The first-order valence-corrected chi connectivity index (χ1v) is 6.91. The van der Waals surface area contributed by atoms with Crippen LogP contribution in [0, 0.1) is 0 Å². The molecule has 0 amide bonds. The van der Waals surface area contributed by atoms with Crippen LogP contribution in [-0.2, 0) is 0 Å². The largest absolute Gasteiger partial charge is 0.455 e. The molecule has 1 heterocycles. The highest BCUT2D eigenvalue weighted by molar-refractivity contribution is 7.80. The third-order valence-electron chi connectivity index (χ3n) is 2.46. The molecule has 0 unspecified atom stereocenters. The first-order chi connectivity index (χ1) is 9.70. The van der Waals surface area contributed by atoms with Crippen molar-refractivity contribution in [2.45, 2.75) is 6.92 Å². The second-order valence-corrected chi connectivity index (χ2v) is 4.73. The van der Waals surface area contributed by atoms with Crippen molar-refractivity contribution in [3.05, 3.63) is 47.2 Å². The molecule has 0 aliphatic heterocycles. The van der Waals surface area contributed by atoms with E-state index in [4.69, 9.17) is 28.2 Å². The zero-order valence-corrected chi connectivity index (χ0v) is 12.5. The summed E-state index contributed by atoms with van der Waals surface area (Å²) in [4.78, 5) is 0. The maximum atomic E-state index is 6.12. The van der Waals surface area contributed by atoms with Gasteiger partial charge in [-0.2, -0.15) is 5.10 Å². The predicted octanol–water partition coefficient (Wildman–Crippen LogP) is 3.42. The fraction of sp³-hybridized carbons (Fsp3) is 0.143. The van der Waals surface area contributed by atoms with E-state index in [1.54, 1.807) is 6.21 Å². The van der Waals surface area contributed by atoms with Crippen LogP contribution in [0.2, 0.25) is 5.02 Å². The minimum atomic E-state index is 0.474. The fourth-order valence-corrected chi connectivity index (χ4v) is 2.01. The molecule has 2 rings (SSSR count). The molecule has 2 N–H and O–H groups in total. The zero-order valence-electron chi connectivity index (χ0n) is 10.9. The van der Waals surface area contributed by atoms with Crippen molar-refractivity contribution in [3.8, 4) is 11.3 Å². The van der Waals surface area contributed by atoms with E-state index in [0.29, 0.717) is 21.7 Å². The van der Waals surface area contributed by atoms with Crippen LogP contribution in [0.4, 0.5) is 0 Å². The maximum absolute atomic E-state index is 6.12. The second-order valence-electron chi connectivity index (χ2n) is 3.91. The van der Waals surface area contributed by atoms with E-state index in [2.05, 4.69) is 15.8 Å². The Morgan fingerprint density at radius 3 is 2.90 bits per heavy atom. The van der Waals surface area contributed by atoms with Gasteiger partial charge in [-0.05, 0) is 43.4 Å². The second kappa shape index (κ2) is 7.07. The number of benzene rings is 1. The summed E-state index contributed by atoms with van der Waals surface area (Å²) in [7, 11) is 0. The molecule has 0 bridgehead atoms. The Hall–Kier alpha value is -1.85. The molecule has 1 aromatic carbocycles. The van der Waals surface area contributed by atoms with Gasteiger partial charge >= 0.3 is 0 Å². The molecule has 4 nitrogen and oxygen atoms in total. The summed E-state index contributed by atoms with van der Waals surface area (Å²) in [5, 5.41) is 8.04. The minimum absolute atomic E-state index is 0.474. The quantitative estimate of drug-likeness (QED) is 0.516. The summed E-state index contributed by atoms with van der Waals surface area (Å²) in [6, 6.07) is 11.2. The molecule has 0 saturated carbocycles. The highest BCUT2D eigenvalue weighted by Gasteiger charge is 2.06. The van der Waals surface area contributed by atoms with Crippen LogP contribution in [0.25, 0.3) is 11.3 Å². The first kappa shape index (κ1) is 14.6. The number of nitrogens with one attached hydrogen (secondary N) is 2. The Labute approximate surface area is 127 Å². The molecule has 0 radical (unpaired) electrons. The van der Waals surface area contributed by atoms with Crippen molar-refractivity contribution in [2.24, 2.45) is 5.10 Å². The van der Waals surface area contributed by atoms with Crippen molar-refractivity contribution in [3.63, 3.8) is 0 Å². The summed E-state index contributed by atoms with van der Waals surface area (Å²) in [6.07, 6.45) is 1.56. The molecule has 0 aliphatic rings. The van der Waals surface area contributed by atoms with Crippen molar-refractivity contribution >= 4 is 35.1 Å². The fourth-order valence-electron chi connectivity index (χ4n) is 1.58. The maximum Gasteiger partial charge on any atom is 0.186 e. The standard InChI is InChI=1S/C14H14ClN3OS/c1-2-16-14(20)18-17-9-10-7-8-13(19-10)11-5-3-4-6-12(11)15/h3-9H,2H2,1H3,(H2,16,18,20)/b17-9+. The lowest BCUT2D eigenvalue weighted by atomic mass is 10.2. The van der Waals surface area contributed by atoms with Gasteiger partial charge in [0.2, 0.25) is 0 Å². The first-order valence-electron chi connectivity index (χ1n) is 6.12. The lowest BCUT2D eigenvalue weighted by Crippen LogP contribution is -2.31. The van der Waals surface area contributed by atoms with Crippen LogP contribution >= 0.6 is 23.8 Å². The topological polar surface area (TPSA) is 49.6 Å². The van der Waals surface area contributed by atoms with Crippen LogP contribution < -0.4 is 10.7 Å². The van der Waals surface area contributed by atoms with Gasteiger partial charge in [-0.15, -0.1) is 0 Å². The molecule has 0 saturated heterocycles. The zero-order chi connectivity index (χ0) is 14.4. The summed E-state index contributed by atoms with van der Waals surface area (Å²) in [5.74, 6) is 1.32. The van der Waals surface area contributed by atoms with Crippen molar-refractivity contribution in [1.82, 2.24) is 10.7 Å².